The second-order valence-corrected chi connectivity index (χ2v) is 18.8. The Morgan fingerprint density at radius 1 is 0.984 bits per heavy atom. The molecule has 2 atom stereocenters. The summed E-state index contributed by atoms with van der Waals surface area (Å²) in [7, 11) is -2.38. The van der Waals surface area contributed by atoms with Crippen LogP contribution in [0, 0.1) is 16.0 Å². The number of ether oxygens (including phenoxy) is 2. The molecule has 1 amide bonds. The second kappa shape index (κ2) is 18.5. The monoisotopic (exact) mass is 871 g/mol. The van der Waals surface area contributed by atoms with Crippen molar-refractivity contribution in [2.45, 2.75) is 68.3 Å². The van der Waals surface area contributed by atoms with E-state index in [0.29, 0.717) is 43.2 Å². The molecule has 2 unspecified atom stereocenters. The zero-order valence-electron chi connectivity index (χ0n) is 35.4. The maximum absolute atomic E-state index is 14.0. The zero-order valence-corrected chi connectivity index (χ0v) is 36.2. The third-order valence-electron chi connectivity index (χ3n) is 13.0. The number of pyridine rings is 1. The van der Waals surface area contributed by atoms with E-state index in [2.05, 4.69) is 73.3 Å². The molecule has 0 saturated carbocycles. The molecule has 0 spiro atoms. The molecule has 1 aliphatic carbocycles. The second-order valence-electron chi connectivity index (χ2n) is 17.1. The summed E-state index contributed by atoms with van der Waals surface area (Å²) in [4.78, 5) is 37.6. The molecule has 3 N–H and O–H groups in total. The lowest BCUT2D eigenvalue weighted by atomic mass is 9.87. The van der Waals surface area contributed by atoms with E-state index in [-0.39, 0.29) is 22.9 Å². The van der Waals surface area contributed by atoms with Crippen LogP contribution in [-0.4, -0.2) is 91.5 Å². The van der Waals surface area contributed by atoms with Gasteiger partial charge in [0.25, 0.3) is 21.6 Å². The Morgan fingerprint density at radius 2 is 1.84 bits per heavy atom. The van der Waals surface area contributed by atoms with Gasteiger partial charge in [0, 0.05) is 62.6 Å². The Morgan fingerprint density at radius 3 is 2.63 bits per heavy atom. The van der Waals surface area contributed by atoms with Crippen LogP contribution in [0.5, 0.6) is 11.5 Å². The van der Waals surface area contributed by atoms with Crippen molar-refractivity contribution in [3.8, 4) is 11.5 Å². The van der Waals surface area contributed by atoms with Gasteiger partial charge < -0.3 is 24.7 Å². The lowest BCUT2D eigenvalue weighted by Crippen LogP contribution is -2.36. The number of allylic oxidation sites excluding steroid dienone is 1. The van der Waals surface area contributed by atoms with Crippen LogP contribution in [0.1, 0.15) is 84.5 Å². The summed E-state index contributed by atoms with van der Waals surface area (Å²) >= 11 is 0. The van der Waals surface area contributed by atoms with E-state index in [1.54, 1.807) is 30.6 Å². The van der Waals surface area contributed by atoms with Crippen LogP contribution in [0.25, 0.3) is 22.2 Å². The van der Waals surface area contributed by atoms with Crippen LogP contribution >= 0.6 is 0 Å². The minimum atomic E-state index is -4.55. The molecule has 2 fully saturated rings. The molecule has 15 heteroatoms. The Hall–Kier alpha value is -5.87. The molecule has 328 valence electrons. The van der Waals surface area contributed by atoms with Crippen LogP contribution in [0.3, 0.4) is 0 Å². The SMILES string of the molecule is CN1CC=C(c2ccccc2C2CCCN2C2CC=C(c3ccc(C(=O)NS(=O)(=O)c4ccc(NCC5CCOCC5)c([N+](=O)[O-])c4)c(Oc4cnc5[nH]ccc5c4)c3)CC2)CC1. The number of nitro benzene ring substituents is 1. The fraction of sp³-hybridized carbons (Fsp3) is 0.375. The number of likely N-dealkylation sites (tertiary alicyclic amines) is 1. The van der Waals surface area contributed by atoms with Crippen LogP contribution in [0.2, 0.25) is 0 Å². The maximum Gasteiger partial charge on any atom is 0.293 e. The van der Waals surface area contributed by atoms with Gasteiger partial charge in [-0.15, -0.1) is 0 Å². The van der Waals surface area contributed by atoms with Crippen LogP contribution in [-0.2, 0) is 14.8 Å². The number of aromatic nitrogens is 2. The molecule has 0 radical (unpaired) electrons. The number of benzene rings is 3. The first kappa shape index (κ1) is 42.4. The smallest absolute Gasteiger partial charge is 0.293 e. The van der Waals surface area contributed by atoms with E-state index in [1.807, 2.05) is 12.1 Å². The number of nitrogens with one attached hydrogen (secondary N) is 3. The van der Waals surface area contributed by atoms with Crippen molar-refractivity contribution in [1.29, 1.82) is 0 Å². The van der Waals surface area contributed by atoms with Crippen molar-refractivity contribution >= 4 is 49.5 Å². The molecular weight excluding hydrogens is 819 g/mol. The van der Waals surface area contributed by atoms with Gasteiger partial charge in [0.2, 0.25) is 0 Å². The van der Waals surface area contributed by atoms with Gasteiger partial charge in [-0.2, -0.15) is 0 Å². The van der Waals surface area contributed by atoms with Gasteiger partial charge in [0.1, 0.15) is 22.8 Å². The summed E-state index contributed by atoms with van der Waals surface area (Å²) in [6, 6.07) is 22.1. The van der Waals surface area contributed by atoms with Crippen molar-refractivity contribution in [2.75, 3.05) is 51.8 Å². The number of anilines is 1. The van der Waals surface area contributed by atoms with Crippen LogP contribution < -0.4 is 14.8 Å². The molecule has 0 bridgehead atoms. The molecule has 2 aromatic heterocycles. The Labute approximate surface area is 367 Å². The van der Waals surface area contributed by atoms with Crippen molar-refractivity contribution in [1.82, 2.24) is 24.5 Å². The number of rotatable bonds is 13. The highest BCUT2D eigenvalue weighted by Gasteiger charge is 2.34. The van der Waals surface area contributed by atoms with E-state index in [1.165, 1.54) is 28.8 Å². The average molecular weight is 872 g/mol. The third kappa shape index (κ3) is 9.42. The van der Waals surface area contributed by atoms with Crippen LogP contribution in [0.4, 0.5) is 11.4 Å². The Bertz CT molecular complexity index is 2690. The standard InChI is InChI=1S/C48H53N7O7S/c1-53-23-17-34(18-24-53)40-5-2-3-6-41(40)44-7-4-22-54(44)37-11-8-33(9-12-37)35-10-14-42(46(28-35)62-38-27-36-16-21-49-47(36)51-31-38)48(56)52-63(59,60)39-13-15-43(45(29-39)55(57)58)50-30-32-19-25-61-26-20-32/h2-3,5-6,8,10,13-17,21,27-29,31-32,37,44,50H,4,7,9,11-12,18-20,22-26,30H2,1H3,(H,49,51)(H,52,56). The number of sulfonamides is 1. The van der Waals surface area contributed by atoms with Crippen molar-refractivity contribution in [3.63, 3.8) is 0 Å². The minimum Gasteiger partial charge on any atom is -0.455 e. The summed E-state index contributed by atoms with van der Waals surface area (Å²) in [6.45, 7) is 4.85. The summed E-state index contributed by atoms with van der Waals surface area (Å²) < 4.78 is 41.3. The van der Waals surface area contributed by atoms with Crippen molar-refractivity contribution in [2.24, 2.45) is 5.92 Å². The number of carbonyl (C=O) groups is 1. The number of carbonyl (C=O) groups excluding carboxylic acids is 1. The highest BCUT2D eigenvalue weighted by Crippen LogP contribution is 2.42. The number of aromatic amines is 1. The first-order chi connectivity index (χ1) is 30.6. The van der Waals surface area contributed by atoms with E-state index < -0.39 is 31.4 Å². The molecule has 3 aliphatic heterocycles. The normalized spacial score (nSPS) is 20.3. The Kier molecular flexibility index (Phi) is 12.4. The minimum absolute atomic E-state index is 0.0201. The third-order valence-corrected chi connectivity index (χ3v) is 14.4. The molecule has 9 rings (SSSR count). The van der Waals surface area contributed by atoms with Gasteiger partial charge >= 0.3 is 0 Å². The first-order valence-electron chi connectivity index (χ1n) is 21.9. The predicted molar refractivity (Wildman–Crippen MR) is 243 cm³/mol. The average Bonchev–Trinajstić information content (AvgIpc) is 3.99. The highest BCUT2D eigenvalue weighted by molar-refractivity contribution is 7.90. The largest absolute Gasteiger partial charge is 0.455 e. The molecule has 3 aromatic carbocycles. The maximum atomic E-state index is 14.0. The lowest BCUT2D eigenvalue weighted by Gasteiger charge is -2.36. The molecule has 63 heavy (non-hydrogen) atoms. The molecule has 5 heterocycles. The van der Waals surface area contributed by atoms with E-state index in [9.17, 15) is 23.3 Å². The van der Waals surface area contributed by atoms with E-state index in [0.717, 1.165) is 93.6 Å². The quantitative estimate of drug-likeness (QED) is 0.0764. The van der Waals surface area contributed by atoms with Gasteiger partial charge in [0.05, 0.1) is 21.6 Å². The predicted octanol–water partition coefficient (Wildman–Crippen LogP) is 8.71. The lowest BCUT2D eigenvalue weighted by molar-refractivity contribution is -0.384. The summed E-state index contributed by atoms with van der Waals surface area (Å²) in [5.41, 5.74) is 6.71. The van der Waals surface area contributed by atoms with Gasteiger partial charge in [-0.25, -0.2) is 18.1 Å². The summed E-state index contributed by atoms with van der Waals surface area (Å²) in [5.74, 6) is -0.146. The van der Waals surface area contributed by atoms with Crippen LogP contribution in [0.15, 0.2) is 102 Å². The highest BCUT2D eigenvalue weighted by atomic mass is 32.2. The van der Waals surface area contributed by atoms with E-state index >= 15 is 0 Å². The number of amides is 1. The van der Waals surface area contributed by atoms with Gasteiger partial charge in [-0.05, 0) is 135 Å². The van der Waals surface area contributed by atoms with Gasteiger partial charge in [-0.1, -0.05) is 42.5 Å². The van der Waals surface area contributed by atoms with Gasteiger partial charge in [0.15, 0.2) is 0 Å². The fourth-order valence-corrected chi connectivity index (χ4v) is 10.5. The number of fused-ring (bicyclic) bond motifs is 1. The number of nitro groups is 1. The topological polar surface area (TPSA) is 172 Å². The van der Waals surface area contributed by atoms with Gasteiger partial charge in [-0.3, -0.25) is 19.8 Å². The molecule has 2 saturated heterocycles. The number of nitrogens with zero attached hydrogens (tertiary/aromatic N) is 4. The number of hydrogen-bond acceptors (Lipinski definition) is 11. The van der Waals surface area contributed by atoms with Crippen molar-refractivity contribution in [3.05, 3.63) is 130 Å². The summed E-state index contributed by atoms with van der Waals surface area (Å²) in [6.07, 6.45) is 15.7. The first-order valence-corrected chi connectivity index (χ1v) is 23.4. The van der Waals surface area contributed by atoms with Crippen molar-refractivity contribution < 1.29 is 27.6 Å². The molecule has 14 nitrogen and oxygen atoms in total. The molecule has 5 aromatic rings. The molecule has 4 aliphatic rings. The summed E-state index contributed by atoms with van der Waals surface area (Å²) in [5, 5.41) is 16.0. The zero-order chi connectivity index (χ0) is 43.5. The molecular formula is C48H53N7O7S. The Balaban J connectivity index is 0.950. The fourth-order valence-electron chi connectivity index (χ4n) is 9.56. The number of hydrogen-bond donors (Lipinski definition) is 3. The number of likely N-dealkylation sites (N-methyl/N-ethyl adjacent to an activating group) is 1. The number of H-pyrrole nitrogens is 1. The van der Waals surface area contributed by atoms with E-state index in [4.69, 9.17) is 9.47 Å².